The van der Waals surface area contributed by atoms with E-state index in [9.17, 15) is 9.59 Å². The summed E-state index contributed by atoms with van der Waals surface area (Å²) >= 11 is 0. The minimum Gasteiger partial charge on any atom is -0.469 e. The summed E-state index contributed by atoms with van der Waals surface area (Å²) in [5.41, 5.74) is 1.97. The van der Waals surface area contributed by atoms with Crippen LogP contribution in [0.5, 0.6) is 0 Å². The maximum absolute atomic E-state index is 12.0. The largest absolute Gasteiger partial charge is 0.469 e. The Morgan fingerprint density at radius 3 is 3.09 bits per heavy atom. The Hall–Kier alpha value is -2.15. The van der Waals surface area contributed by atoms with Crippen molar-refractivity contribution < 1.29 is 14.3 Å². The van der Waals surface area contributed by atoms with Crippen molar-refractivity contribution in [3.8, 4) is 0 Å². The van der Waals surface area contributed by atoms with Gasteiger partial charge in [-0.15, -0.1) is 6.58 Å². The van der Waals surface area contributed by atoms with E-state index in [4.69, 9.17) is 0 Å². The predicted octanol–water partition coefficient (Wildman–Crippen LogP) is 0.241. The third-order valence-corrected chi connectivity index (χ3v) is 3.77. The zero-order chi connectivity index (χ0) is 16.1. The highest BCUT2D eigenvalue weighted by atomic mass is 16.5. The average molecular weight is 306 g/mol. The lowest BCUT2D eigenvalue weighted by Gasteiger charge is -2.34. The van der Waals surface area contributed by atoms with Crippen molar-refractivity contribution in [1.82, 2.24) is 20.0 Å². The van der Waals surface area contributed by atoms with Crippen molar-refractivity contribution in [1.29, 1.82) is 0 Å². The van der Waals surface area contributed by atoms with Gasteiger partial charge in [0, 0.05) is 31.4 Å². The van der Waals surface area contributed by atoms with Crippen LogP contribution in [-0.4, -0.2) is 52.8 Å². The Bertz CT molecular complexity index is 567. The minimum atomic E-state index is -0.497. The molecule has 1 amide bonds. The number of carbonyl (C=O) groups excluding carboxylic acids is 2. The number of esters is 1. The van der Waals surface area contributed by atoms with Gasteiger partial charge in [-0.05, 0) is 6.92 Å². The van der Waals surface area contributed by atoms with E-state index in [2.05, 4.69) is 21.7 Å². The first-order valence-electron chi connectivity index (χ1n) is 7.27. The fourth-order valence-corrected chi connectivity index (χ4v) is 2.57. The first-order chi connectivity index (χ1) is 10.5. The second kappa shape index (κ2) is 7.22. The highest BCUT2D eigenvalue weighted by Gasteiger charge is 2.32. The number of aryl methyl sites for hydroxylation is 1. The van der Waals surface area contributed by atoms with Gasteiger partial charge >= 0.3 is 5.97 Å². The van der Waals surface area contributed by atoms with Gasteiger partial charge in [0.05, 0.1) is 25.8 Å². The summed E-state index contributed by atoms with van der Waals surface area (Å²) in [5.74, 6) is -0.515. The molecule has 0 saturated carbocycles. The van der Waals surface area contributed by atoms with Crippen molar-refractivity contribution in [2.75, 3.05) is 20.2 Å². The first-order valence-corrected chi connectivity index (χ1v) is 7.27. The number of nitrogens with zero attached hydrogens (tertiary/aromatic N) is 3. The molecular formula is C15H22N4O3. The van der Waals surface area contributed by atoms with Gasteiger partial charge in [-0.3, -0.25) is 19.2 Å². The molecule has 1 aromatic heterocycles. The number of nitrogens with one attached hydrogen (secondary N) is 1. The molecule has 0 bridgehead atoms. The lowest BCUT2D eigenvalue weighted by Crippen LogP contribution is -2.55. The van der Waals surface area contributed by atoms with Gasteiger partial charge in [-0.2, -0.15) is 5.10 Å². The summed E-state index contributed by atoms with van der Waals surface area (Å²) < 4.78 is 6.50. The van der Waals surface area contributed by atoms with Crippen molar-refractivity contribution in [2.24, 2.45) is 0 Å². The molecule has 1 aliphatic rings. The monoisotopic (exact) mass is 306 g/mol. The topological polar surface area (TPSA) is 76.5 Å². The molecule has 1 fully saturated rings. The molecule has 1 N–H and O–H groups in total. The number of hydrogen-bond acceptors (Lipinski definition) is 5. The summed E-state index contributed by atoms with van der Waals surface area (Å²) in [4.78, 5) is 25.6. The van der Waals surface area contributed by atoms with Gasteiger partial charge in [-0.1, -0.05) is 6.08 Å². The number of hydrogen-bond donors (Lipinski definition) is 1. The molecule has 0 aromatic carbocycles. The number of aromatic nitrogens is 2. The van der Waals surface area contributed by atoms with Crippen LogP contribution in [0, 0.1) is 6.92 Å². The number of piperazine rings is 1. The van der Waals surface area contributed by atoms with E-state index in [0.29, 0.717) is 26.2 Å². The molecule has 1 aromatic rings. The molecule has 7 nitrogen and oxygen atoms in total. The van der Waals surface area contributed by atoms with Gasteiger partial charge in [0.25, 0.3) is 0 Å². The van der Waals surface area contributed by atoms with E-state index in [-0.39, 0.29) is 18.3 Å². The lowest BCUT2D eigenvalue weighted by molar-refractivity contribution is -0.146. The molecule has 2 rings (SSSR count). The molecule has 7 heteroatoms. The zero-order valence-electron chi connectivity index (χ0n) is 13.0. The summed E-state index contributed by atoms with van der Waals surface area (Å²) in [5, 5.41) is 7.21. The number of rotatable bonds is 6. The molecule has 0 spiro atoms. The quantitative estimate of drug-likeness (QED) is 0.602. The first kappa shape index (κ1) is 16.2. The van der Waals surface area contributed by atoms with Crippen LogP contribution in [-0.2, 0) is 27.4 Å². The van der Waals surface area contributed by atoms with Crippen LogP contribution >= 0.6 is 0 Å². The van der Waals surface area contributed by atoms with E-state index < -0.39 is 6.04 Å². The Kier molecular flexibility index (Phi) is 5.32. The molecule has 1 aliphatic heterocycles. The maximum Gasteiger partial charge on any atom is 0.307 e. The molecule has 22 heavy (non-hydrogen) atoms. The van der Waals surface area contributed by atoms with E-state index in [0.717, 1.165) is 11.3 Å². The van der Waals surface area contributed by atoms with E-state index in [1.807, 2.05) is 22.7 Å². The molecule has 1 atom stereocenters. The fraction of sp³-hybridized carbons (Fsp3) is 0.533. The van der Waals surface area contributed by atoms with Crippen LogP contribution in [0.3, 0.4) is 0 Å². The second-order valence-electron chi connectivity index (χ2n) is 5.31. The van der Waals surface area contributed by atoms with Crippen LogP contribution in [0.25, 0.3) is 0 Å². The standard InChI is InChI=1S/C15H22N4O3/c1-4-6-19-10-12(11(2)17-19)9-18-7-5-16-15(21)13(18)8-14(20)22-3/h4,10,13H,1,5-9H2,2-3H3,(H,16,21)/t13-/m1/s1. The smallest absolute Gasteiger partial charge is 0.307 e. The normalized spacial score (nSPS) is 18.8. The van der Waals surface area contributed by atoms with Crippen molar-refractivity contribution in [3.05, 3.63) is 30.1 Å². The predicted molar refractivity (Wildman–Crippen MR) is 81.0 cm³/mol. The van der Waals surface area contributed by atoms with E-state index in [1.165, 1.54) is 7.11 Å². The van der Waals surface area contributed by atoms with Crippen molar-refractivity contribution in [2.45, 2.75) is 32.5 Å². The summed E-state index contributed by atoms with van der Waals surface area (Å²) in [6.45, 7) is 8.14. The van der Waals surface area contributed by atoms with Crippen LogP contribution in [0.2, 0.25) is 0 Å². The zero-order valence-corrected chi connectivity index (χ0v) is 13.0. The average Bonchev–Trinajstić information content (AvgIpc) is 2.82. The van der Waals surface area contributed by atoms with Crippen LogP contribution < -0.4 is 5.32 Å². The molecule has 0 radical (unpaired) electrons. The lowest BCUT2D eigenvalue weighted by atomic mass is 10.1. The van der Waals surface area contributed by atoms with Crippen LogP contribution in [0.4, 0.5) is 0 Å². The molecule has 1 saturated heterocycles. The summed E-state index contributed by atoms with van der Waals surface area (Å²) in [7, 11) is 1.33. The fourth-order valence-electron chi connectivity index (χ4n) is 2.57. The Labute approximate surface area is 129 Å². The highest BCUT2D eigenvalue weighted by molar-refractivity contribution is 5.87. The summed E-state index contributed by atoms with van der Waals surface area (Å²) in [6.07, 6.45) is 3.80. The van der Waals surface area contributed by atoms with Crippen molar-refractivity contribution >= 4 is 11.9 Å². The molecule has 120 valence electrons. The van der Waals surface area contributed by atoms with E-state index in [1.54, 1.807) is 6.08 Å². The molecule has 2 heterocycles. The van der Waals surface area contributed by atoms with Gasteiger partial charge < -0.3 is 10.1 Å². The number of allylic oxidation sites excluding steroid dienone is 1. The van der Waals surface area contributed by atoms with Crippen molar-refractivity contribution in [3.63, 3.8) is 0 Å². The van der Waals surface area contributed by atoms with Gasteiger partial charge in [0.1, 0.15) is 6.04 Å². The second-order valence-corrected chi connectivity index (χ2v) is 5.31. The number of ether oxygens (including phenoxy) is 1. The maximum atomic E-state index is 12.0. The Balaban J connectivity index is 2.12. The molecular weight excluding hydrogens is 284 g/mol. The van der Waals surface area contributed by atoms with Gasteiger partial charge in [0.15, 0.2) is 0 Å². The third kappa shape index (κ3) is 3.73. The number of carbonyl (C=O) groups is 2. The molecule has 0 aliphatic carbocycles. The Morgan fingerprint density at radius 1 is 1.64 bits per heavy atom. The Morgan fingerprint density at radius 2 is 2.41 bits per heavy atom. The van der Waals surface area contributed by atoms with E-state index >= 15 is 0 Å². The highest BCUT2D eigenvalue weighted by Crippen LogP contribution is 2.16. The SMILES string of the molecule is C=CCn1cc(CN2CCNC(=O)[C@H]2CC(=O)OC)c(C)n1. The van der Waals surface area contributed by atoms with Crippen LogP contribution in [0.1, 0.15) is 17.7 Å². The minimum absolute atomic E-state index is 0.0577. The van der Waals surface area contributed by atoms with Gasteiger partial charge in [-0.25, -0.2) is 0 Å². The molecule has 0 unspecified atom stereocenters. The third-order valence-electron chi connectivity index (χ3n) is 3.77. The summed E-state index contributed by atoms with van der Waals surface area (Å²) in [6, 6.07) is -0.497. The van der Waals surface area contributed by atoms with Gasteiger partial charge in [0.2, 0.25) is 5.91 Å². The van der Waals surface area contributed by atoms with Crippen LogP contribution in [0.15, 0.2) is 18.9 Å². The number of methoxy groups -OCH3 is 1. The number of amides is 1.